The van der Waals surface area contributed by atoms with Gasteiger partial charge in [-0.1, -0.05) is 278 Å². The number of unbranched alkanes of at least 4 members (excludes halogenated alkanes) is 10. The molecule has 4 N–H and O–H groups in total. The molecule has 0 aromatic carbocycles. The monoisotopic (exact) mass is 1470 g/mol. The number of hydrogen-bond acceptors (Lipinski definition) is 14. The Balaban J connectivity index is 4.77. The second-order valence-electron chi connectivity index (χ2n) is 24.3. The molecule has 0 radical (unpaired) electrons. The van der Waals surface area contributed by atoms with E-state index in [4.69, 9.17) is 32.3 Å². The predicted octanol–water partition coefficient (Wildman–Crippen LogP) is 22.3. The molecule has 0 amide bonds. The number of allylic oxidation sites excluding steroid dienone is 36. The smallest absolute Gasteiger partial charge is 0.463 e. The largest absolute Gasteiger partial charge is 0.472 e. The number of phosphoric acid groups is 2. The zero-order chi connectivity index (χ0) is 75.2. The van der Waals surface area contributed by atoms with Crippen LogP contribution in [0.1, 0.15) is 239 Å². The van der Waals surface area contributed by atoms with Gasteiger partial charge in [0.05, 0.1) is 26.4 Å². The summed E-state index contributed by atoms with van der Waals surface area (Å²) in [6.07, 6.45) is 101. The topological polar surface area (TPSA) is 231 Å². The van der Waals surface area contributed by atoms with Crippen molar-refractivity contribution in [3.05, 3.63) is 219 Å². The van der Waals surface area contributed by atoms with Crippen LogP contribution in [0.15, 0.2) is 219 Å². The maximum Gasteiger partial charge on any atom is 0.472 e. The van der Waals surface area contributed by atoms with Gasteiger partial charge in [0.2, 0.25) is 0 Å². The summed E-state index contributed by atoms with van der Waals surface area (Å²) >= 11 is 0. The molecule has 578 valence electrons. The molecule has 0 spiro atoms. The lowest BCUT2D eigenvalue weighted by molar-refractivity contribution is -0.161. The average molecular weight is 1470 g/mol. The van der Waals surface area contributed by atoms with Crippen molar-refractivity contribution in [2.45, 2.75) is 257 Å². The Hall–Kier alpha value is -6.13. The van der Waals surface area contributed by atoms with E-state index < -0.39 is 91.5 Å². The van der Waals surface area contributed by atoms with Crippen molar-refractivity contribution < 1.29 is 75.8 Å². The minimum absolute atomic E-state index is 0.0408. The van der Waals surface area contributed by atoms with Crippen LogP contribution in [0.3, 0.4) is 0 Å². The lowest BCUT2D eigenvalue weighted by Crippen LogP contribution is -2.29. The van der Waals surface area contributed by atoms with Crippen LogP contribution in [0, 0.1) is 0 Å². The Morgan fingerprint density at radius 2 is 0.505 bits per heavy atom. The molecule has 5 unspecified atom stereocenters. The van der Waals surface area contributed by atoms with Gasteiger partial charge in [0, 0.05) is 19.3 Å². The highest BCUT2D eigenvalue weighted by molar-refractivity contribution is 7.47. The highest BCUT2D eigenvalue weighted by Gasteiger charge is 2.29. The Morgan fingerprint density at radius 3 is 0.825 bits per heavy atom. The number of esters is 3. The maximum absolute atomic E-state index is 12.9. The van der Waals surface area contributed by atoms with Gasteiger partial charge >= 0.3 is 33.6 Å². The molecule has 0 rings (SSSR count). The summed E-state index contributed by atoms with van der Waals surface area (Å²) in [4.78, 5) is 58.6. The number of aliphatic hydroxyl groups excluding tert-OH is 2. The first-order valence-corrected chi connectivity index (χ1v) is 41.0. The minimum atomic E-state index is -4.97. The quantitative estimate of drug-likeness (QED) is 0.0146. The van der Waals surface area contributed by atoms with Crippen LogP contribution in [0.5, 0.6) is 0 Å². The SMILES string of the molecule is CC/C=C\C/C=C\C/C=C\C/C=C\C/C=C\C/C=C\CCCCCCCCCCC(=O)OCC(O)COP(=O)(O)OCC(O)COP(=O)(O)OCC(COC(=O)CCCC/C=C\C/C=C\C/C=C\C/C=C\C/C=C\C/C=C\CC)OC(=O)CC/C=C\C/C=C\C/C=C\C/C=C\C/C=C\C/C=C\CC. The number of carbonyl (C=O) groups excluding carboxylic acids is 3. The van der Waals surface area contributed by atoms with Crippen molar-refractivity contribution in [3.63, 3.8) is 0 Å². The summed E-state index contributed by atoms with van der Waals surface area (Å²) in [7, 11) is -9.85. The molecule has 0 saturated carbocycles. The Labute approximate surface area is 622 Å². The van der Waals surface area contributed by atoms with Gasteiger partial charge in [0.15, 0.2) is 6.10 Å². The second-order valence-corrected chi connectivity index (χ2v) is 27.2. The molecule has 0 aliphatic carbocycles. The highest BCUT2D eigenvalue weighted by Crippen LogP contribution is 2.45. The zero-order valence-corrected chi connectivity index (χ0v) is 64.7. The third kappa shape index (κ3) is 76.8. The van der Waals surface area contributed by atoms with Crippen molar-refractivity contribution in [3.8, 4) is 0 Å². The van der Waals surface area contributed by atoms with Crippen LogP contribution in [0.4, 0.5) is 0 Å². The van der Waals surface area contributed by atoms with Crippen LogP contribution in [0.25, 0.3) is 0 Å². The molecule has 16 nitrogen and oxygen atoms in total. The van der Waals surface area contributed by atoms with Crippen molar-refractivity contribution >= 4 is 33.6 Å². The predicted molar refractivity (Wildman–Crippen MR) is 426 cm³/mol. The summed E-state index contributed by atoms with van der Waals surface area (Å²) in [6, 6.07) is 0. The van der Waals surface area contributed by atoms with Gasteiger partial charge in [-0.15, -0.1) is 0 Å². The van der Waals surface area contributed by atoms with Crippen LogP contribution in [0.2, 0.25) is 0 Å². The molecular weight excluding hydrogens is 1340 g/mol. The molecule has 18 heteroatoms. The van der Waals surface area contributed by atoms with Gasteiger partial charge in [-0.05, 0) is 161 Å². The number of rotatable bonds is 69. The molecule has 0 aromatic rings. The van der Waals surface area contributed by atoms with E-state index in [1.807, 2.05) is 18.2 Å². The van der Waals surface area contributed by atoms with Gasteiger partial charge < -0.3 is 34.2 Å². The minimum Gasteiger partial charge on any atom is -0.463 e. The molecule has 0 aliphatic rings. The molecule has 0 aliphatic heterocycles. The second kappa shape index (κ2) is 75.5. The fourth-order valence-corrected chi connectivity index (χ4v) is 10.6. The number of phosphoric ester groups is 2. The van der Waals surface area contributed by atoms with Crippen LogP contribution < -0.4 is 0 Å². The highest BCUT2D eigenvalue weighted by atomic mass is 31.2. The third-order valence-electron chi connectivity index (χ3n) is 14.7. The average Bonchev–Trinajstić information content (AvgIpc) is 0.923. The number of carbonyl (C=O) groups is 3. The standard InChI is InChI=1S/C85H132O16P2/c1-4-7-10-13-16-19-22-25-28-31-34-36-37-38-39-40-41-43-46-47-50-53-56-59-62-65-68-71-83(88)95-74-80(86)75-97-102(91,92)98-76-81(87)77-99-103(93,94)100-79-82(101-85(90)73-70-67-64-61-58-55-52-49-44-33-30-27-24-21-18-15-12-9-6-3)78-96-84(89)72-69-66-63-60-57-54-51-48-45-42-35-32-29-26-23-20-17-14-11-8-5-2/h7-12,16-21,25-30,34-36,38-39,41-44,48-49,51,55,57-58,60,64,67,80-82,86-87H,4-6,13-15,22-24,31-33,37,40,45-47,50,52-54,56,59,61-63,65-66,68-79H2,1-3H3,(H,91,92)(H,93,94)/b10-7-,11-8-,12-9-,19-16-,20-17-,21-18-,28-25-,29-26-,30-27-,36-34-,39-38-,42-35-,43-41-,49-44-,51-48-,58-55-,60-57-,67-64-. The maximum atomic E-state index is 12.9. The molecule has 0 aromatic heterocycles. The lowest BCUT2D eigenvalue weighted by atomic mass is 10.1. The summed E-state index contributed by atoms with van der Waals surface area (Å²) in [6.45, 7) is 2.14. The molecule has 103 heavy (non-hydrogen) atoms. The summed E-state index contributed by atoms with van der Waals surface area (Å²) < 4.78 is 60.9. The van der Waals surface area contributed by atoms with E-state index in [2.05, 4.69) is 221 Å². The van der Waals surface area contributed by atoms with E-state index in [0.29, 0.717) is 25.7 Å². The fourth-order valence-electron chi connectivity index (χ4n) is 9.01. The van der Waals surface area contributed by atoms with Crippen LogP contribution in [-0.2, 0) is 55.8 Å². The van der Waals surface area contributed by atoms with E-state index in [1.54, 1.807) is 0 Å². The number of hydrogen-bond donors (Lipinski definition) is 4. The number of ether oxygens (including phenoxy) is 3. The summed E-state index contributed by atoms with van der Waals surface area (Å²) in [5.41, 5.74) is 0. The van der Waals surface area contributed by atoms with Gasteiger partial charge in [-0.3, -0.25) is 32.5 Å². The van der Waals surface area contributed by atoms with Crippen molar-refractivity contribution in [2.75, 3.05) is 39.6 Å². The van der Waals surface area contributed by atoms with Crippen LogP contribution in [-0.4, -0.2) is 95.9 Å². The first-order chi connectivity index (χ1) is 50.2. The molecule has 0 fully saturated rings. The van der Waals surface area contributed by atoms with Crippen molar-refractivity contribution in [2.24, 2.45) is 0 Å². The lowest BCUT2D eigenvalue weighted by Gasteiger charge is -2.21. The summed E-state index contributed by atoms with van der Waals surface area (Å²) in [5.74, 6) is -1.76. The fraction of sp³-hybridized carbons (Fsp3) is 0.541. The molecule has 0 heterocycles. The van der Waals surface area contributed by atoms with E-state index in [9.17, 15) is 43.5 Å². The first kappa shape index (κ1) is 96.9. The normalized spacial score (nSPS) is 15.2. The summed E-state index contributed by atoms with van der Waals surface area (Å²) in [5, 5.41) is 20.6. The van der Waals surface area contributed by atoms with Crippen molar-refractivity contribution in [1.29, 1.82) is 0 Å². The van der Waals surface area contributed by atoms with Crippen LogP contribution >= 0.6 is 15.6 Å². The first-order valence-electron chi connectivity index (χ1n) is 38.0. The van der Waals surface area contributed by atoms with E-state index in [0.717, 1.165) is 154 Å². The number of aliphatic hydroxyl groups is 2. The Morgan fingerprint density at radius 1 is 0.272 bits per heavy atom. The van der Waals surface area contributed by atoms with Crippen molar-refractivity contribution in [1.82, 2.24) is 0 Å². The molecular formula is C85H132O16P2. The molecule has 0 bridgehead atoms. The van der Waals surface area contributed by atoms with Gasteiger partial charge in [-0.25, -0.2) is 9.13 Å². The third-order valence-corrected chi connectivity index (χ3v) is 16.6. The van der Waals surface area contributed by atoms with Gasteiger partial charge in [0.1, 0.15) is 25.4 Å². The van der Waals surface area contributed by atoms with Gasteiger partial charge in [0.25, 0.3) is 0 Å². The molecule has 5 atom stereocenters. The Bertz CT molecular complexity index is 2750. The Kier molecular flexibility index (Phi) is 71.1. The van der Waals surface area contributed by atoms with E-state index in [1.165, 1.54) is 19.3 Å². The van der Waals surface area contributed by atoms with E-state index in [-0.39, 0.29) is 19.3 Å². The van der Waals surface area contributed by atoms with E-state index >= 15 is 0 Å². The zero-order valence-electron chi connectivity index (χ0n) is 62.9. The van der Waals surface area contributed by atoms with Gasteiger partial charge in [-0.2, -0.15) is 0 Å². The molecule has 0 saturated heterocycles.